The summed E-state index contributed by atoms with van der Waals surface area (Å²) in [4.78, 5) is 20.4. The lowest BCUT2D eigenvalue weighted by molar-refractivity contribution is 0.397. The lowest BCUT2D eigenvalue weighted by Gasteiger charge is -2.26. The Morgan fingerprint density at radius 3 is 2.79 bits per heavy atom. The number of nitrogens with two attached hydrogens (primary N) is 1. The van der Waals surface area contributed by atoms with E-state index in [9.17, 15) is 10.1 Å². The highest BCUT2D eigenvalue weighted by atomic mass is 16.5. The van der Waals surface area contributed by atoms with Gasteiger partial charge < -0.3 is 15.5 Å². The van der Waals surface area contributed by atoms with Crippen molar-refractivity contribution < 1.29 is 4.74 Å². The number of hydrogen-bond acceptors (Lipinski definition) is 5. The van der Waals surface area contributed by atoms with E-state index in [1.807, 2.05) is 55.5 Å². The van der Waals surface area contributed by atoms with Crippen LogP contribution in [0, 0.1) is 18.3 Å². The minimum absolute atomic E-state index is 0.00782. The maximum atomic E-state index is 13.0. The van der Waals surface area contributed by atoms with Gasteiger partial charge in [0.15, 0.2) is 5.75 Å². The van der Waals surface area contributed by atoms with Crippen molar-refractivity contribution in [1.29, 1.82) is 5.26 Å². The van der Waals surface area contributed by atoms with Crippen LogP contribution in [0.5, 0.6) is 5.75 Å². The van der Waals surface area contributed by atoms with Crippen LogP contribution < -0.4 is 16.0 Å². The number of benzene rings is 2. The zero-order valence-corrected chi connectivity index (χ0v) is 15.6. The van der Waals surface area contributed by atoms with Crippen LogP contribution in [-0.2, 0) is 0 Å². The van der Waals surface area contributed by atoms with Gasteiger partial charge in [-0.3, -0.25) is 9.78 Å². The average Bonchev–Trinajstić information content (AvgIpc) is 2.72. The number of H-pyrrole nitrogens is 1. The van der Waals surface area contributed by atoms with E-state index in [-0.39, 0.29) is 17.0 Å². The number of pyridine rings is 2. The Balaban J connectivity index is 1.83. The summed E-state index contributed by atoms with van der Waals surface area (Å²) in [7, 11) is 0. The fourth-order valence-corrected chi connectivity index (χ4v) is 3.92. The highest BCUT2D eigenvalue weighted by Crippen LogP contribution is 2.44. The van der Waals surface area contributed by atoms with Crippen molar-refractivity contribution in [3.8, 4) is 11.8 Å². The quantitative estimate of drug-likeness (QED) is 0.525. The Morgan fingerprint density at radius 2 is 1.97 bits per heavy atom. The van der Waals surface area contributed by atoms with Gasteiger partial charge in [0.25, 0.3) is 5.56 Å². The van der Waals surface area contributed by atoms with Crippen LogP contribution in [0.1, 0.15) is 22.6 Å². The number of aryl methyl sites for hydroxylation is 1. The number of aromatic amines is 1. The summed E-state index contributed by atoms with van der Waals surface area (Å²) in [5, 5.41) is 11.5. The third-order valence-electron chi connectivity index (χ3n) is 5.30. The van der Waals surface area contributed by atoms with Crippen LogP contribution in [-0.4, -0.2) is 9.97 Å². The minimum Gasteiger partial charge on any atom is -0.438 e. The molecule has 3 heterocycles. The number of hydrogen-bond donors (Lipinski definition) is 2. The Kier molecular flexibility index (Phi) is 3.65. The van der Waals surface area contributed by atoms with Crippen LogP contribution in [0.2, 0.25) is 0 Å². The number of nitrogens with one attached hydrogen (secondary N) is 1. The number of ether oxygens (including phenoxy) is 1. The predicted octanol–water partition coefficient (Wildman–Crippen LogP) is 3.60. The van der Waals surface area contributed by atoms with Crippen LogP contribution in [0.25, 0.3) is 21.8 Å². The molecule has 0 saturated heterocycles. The van der Waals surface area contributed by atoms with Gasteiger partial charge in [0, 0.05) is 28.2 Å². The van der Waals surface area contributed by atoms with Gasteiger partial charge in [0.2, 0.25) is 5.88 Å². The predicted molar refractivity (Wildman–Crippen MR) is 110 cm³/mol. The maximum Gasteiger partial charge on any atom is 0.252 e. The molecule has 0 radical (unpaired) electrons. The highest BCUT2D eigenvalue weighted by molar-refractivity contribution is 5.87. The van der Waals surface area contributed by atoms with Crippen molar-refractivity contribution in [2.24, 2.45) is 5.73 Å². The molecule has 29 heavy (non-hydrogen) atoms. The van der Waals surface area contributed by atoms with Gasteiger partial charge in [-0.2, -0.15) is 5.26 Å². The standard InChI is InChI=1S/C23H16N4O2/c1-12-4-5-14-10-16(23(28)27-18(14)9-12)19-15-7-6-13-3-2-8-26-20(13)21(15)29-22(25)17(19)11-24/h2-10,19H,25H2,1H3,(H,27,28)/t19-/m0/s1. The number of fused-ring (bicyclic) bond motifs is 4. The minimum atomic E-state index is -0.635. The first-order valence-electron chi connectivity index (χ1n) is 9.15. The highest BCUT2D eigenvalue weighted by Gasteiger charge is 2.33. The molecule has 1 atom stereocenters. The Morgan fingerprint density at radius 1 is 1.14 bits per heavy atom. The van der Waals surface area contributed by atoms with Crippen molar-refractivity contribution >= 4 is 21.8 Å². The molecule has 5 rings (SSSR count). The van der Waals surface area contributed by atoms with Crippen molar-refractivity contribution in [3.05, 3.63) is 93.2 Å². The number of rotatable bonds is 1. The number of nitriles is 1. The topological polar surface area (TPSA) is 105 Å². The second kappa shape index (κ2) is 6.21. The Hall–Kier alpha value is -4.11. The molecule has 6 nitrogen and oxygen atoms in total. The molecule has 3 N–H and O–H groups in total. The van der Waals surface area contributed by atoms with E-state index in [0.717, 1.165) is 21.9 Å². The summed E-state index contributed by atoms with van der Waals surface area (Å²) < 4.78 is 5.80. The van der Waals surface area contributed by atoms with E-state index < -0.39 is 5.92 Å². The fraction of sp³-hybridized carbons (Fsp3) is 0.0870. The smallest absolute Gasteiger partial charge is 0.252 e. The van der Waals surface area contributed by atoms with Gasteiger partial charge in [-0.25, -0.2) is 0 Å². The third kappa shape index (κ3) is 2.56. The summed E-state index contributed by atoms with van der Waals surface area (Å²) in [5.74, 6) is -0.163. The largest absolute Gasteiger partial charge is 0.438 e. The van der Waals surface area contributed by atoms with Gasteiger partial charge in [0.05, 0.1) is 5.92 Å². The first-order valence-corrected chi connectivity index (χ1v) is 9.15. The molecule has 0 amide bonds. The van der Waals surface area contributed by atoms with Crippen molar-refractivity contribution in [2.75, 3.05) is 0 Å². The number of allylic oxidation sites excluding steroid dienone is 1. The summed E-state index contributed by atoms with van der Waals surface area (Å²) in [5.41, 5.74) is 9.64. The lowest BCUT2D eigenvalue weighted by Crippen LogP contribution is -2.25. The fourth-order valence-electron chi connectivity index (χ4n) is 3.92. The molecule has 0 spiro atoms. The van der Waals surface area contributed by atoms with Crippen LogP contribution in [0.15, 0.2) is 71.0 Å². The maximum absolute atomic E-state index is 13.0. The average molecular weight is 380 g/mol. The number of nitrogens with zero attached hydrogens (tertiary/aromatic N) is 2. The van der Waals surface area contributed by atoms with Crippen LogP contribution in [0.3, 0.4) is 0 Å². The molecule has 2 aromatic carbocycles. The van der Waals surface area contributed by atoms with Crippen molar-refractivity contribution in [2.45, 2.75) is 12.8 Å². The molecule has 2 aromatic heterocycles. The van der Waals surface area contributed by atoms with Crippen molar-refractivity contribution in [3.63, 3.8) is 0 Å². The molecule has 4 aromatic rings. The van der Waals surface area contributed by atoms with E-state index in [1.54, 1.807) is 6.20 Å². The Bertz CT molecular complexity index is 1440. The summed E-state index contributed by atoms with van der Waals surface area (Å²) >= 11 is 0. The molecule has 0 unspecified atom stereocenters. The van der Waals surface area contributed by atoms with Gasteiger partial charge in [0.1, 0.15) is 17.2 Å². The molecule has 1 aliphatic rings. The second-order valence-corrected chi connectivity index (χ2v) is 7.13. The van der Waals surface area contributed by atoms with E-state index in [4.69, 9.17) is 10.5 Å². The van der Waals surface area contributed by atoms with Crippen LogP contribution in [0.4, 0.5) is 0 Å². The monoisotopic (exact) mass is 380 g/mol. The summed E-state index contributed by atoms with van der Waals surface area (Å²) in [6.45, 7) is 1.97. The van der Waals surface area contributed by atoms with Crippen LogP contribution >= 0.6 is 0 Å². The van der Waals surface area contributed by atoms with Gasteiger partial charge in [-0.05, 0) is 36.1 Å². The molecule has 1 aliphatic heterocycles. The molecular weight excluding hydrogens is 364 g/mol. The van der Waals surface area contributed by atoms with Gasteiger partial charge in [-0.1, -0.05) is 30.3 Å². The zero-order valence-electron chi connectivity index (χ0n) is 15.6. The lowest BCUT2D eigenvalue weighted by atomic mass is 9.83. The molecule has 140 valence electrons. The van der Waals surface area contributed by atoms with Gasteiger partial charge in [-0.15, -0.1) is 0 Å². The third-order valence-corrected chi connectivity index (χ3v) is 5.30. The number of aromatic nitrogens is 2. The summed E-state index contributed by atoms with van der Waals surface area (Å²) in [6, 6.07) is 17.3. The molecule has 0 saturated carbocycles. The van der Waals surface area contributed by atoms with E-state index in [0.29, 0.717) is 22.4 Å². The molecule has 6 heteroatoms. The van der Waals surface area contributed by atoms with E-state index in [2.05, 4.69) is 16.0 Å². The normalized spacial score (nSPS) is 15.8. The first kappa shape index (κ1) is 17.0. The Labute approximate surface area is 165 Å². The molecular formula is C23H16N4O2. The SMILES string of the molecule is Cc1ccc2cc([C@H]3C(C#N)=C(N)Oc4c3ccc3cccnc43)c(=O)[nH]c2c1. The second-order valence-electron chi connectivity index (χ2n) is 7.13. The summed E-state index contributed by atoms with van der Waals surface area (Å²) in [6.07, 6.45) is 1.67. The van der Waals surface area contributed by atoms with E-state index >= 15 is 0 Å². The molecule has 0 bridgehead atoms. The van der Waals surface area contributed by atoms with Gasteiger partial charge >= 0.3 is 0 Å². The first-order chi connectivity index (χ1) is 14.1. The van der Waals surface area contributed by atoms with Crippen molar-refractivity contribution in [1.82, 2.24) is 9.97 Å². The molecule has 0 aliphatic carbocycles. The van der Waals surface area contributed by atoms with E-state index in [1.165, 1.54) is 0 Å². The zero-order chi connectivity index (χ0) is 20.1. The molecule has 0 fully saturated rings.